The summed E-state index contributed by atoms with van der Waals surface area (Å²) in [6.07, 6.45) is 8.70. The Bertz CT molecular complexity index is 1170. The zero-order chi connectivity index (χ0) is 30.9. The minimum Gasteiger partial charge on any atom is -0.489 e. The second-order valence-corrected chi connectivity index (χ2v) is 11.0. The molecule has 1 aliphatic rings. The van der Waals surface area contributed by atoms with Crippen molar-refractivity contribution < 1.29 is 29.0 Å². The standard InChI is InChI=1S/C35H46N2O6/c1-3-5-6-10-16-34(40)43-26-31-15-11-21-37(31)35(41)29(12-4-2)23-33(39)36-30(24-38)22-27-17-19-32(20-18-27)42-25-28-13-8-7-9-14-28/h3-4,7-9,13-14,17-20,29-31,38H,1-2,5-6,10-12,15-16,21-26H2,(H,36,39)/t29-,30+,31+/m1/s1. The second kappa shape index (κ2) is 18.6. The molecule has 2 amide bonds. The fourth-order valence-corrected chi connectivity index (χ4v) is 5.24. The highest BCUT2D eigenvalue weighted by molar-refractivity contribution is 5.86. The summed E-state index contributed by atoms with van der Waals surface area (Å²) in [4.78, 5) is 40.4. The molecule has 232 valence electrons. The van der Waals surface area contributed by atoms with Gasteiger partial charge in [-0.25, -0.2) is 0 Å². The number of rotatable bonds is 19. The van der Waals surface area contributed by atoms with E-state index in [2.05, 4.69) is 18.5 Å². The number of nitrogens with zero attached hydrogens (tertiary/aromatic N) is 1. The van der Waals surface area contributed by atoms with E-state index in [1.54, 1.807) is 11.0 Å². The summed E-state index contributed by atoms with van der Waals surface area (Å²) in [6.45, 7) is 8.44. The molecule has 1 fully saturated rings. The monoisotopic (exact) mass is 590 g/mol. The molecule has 1 heterocycles. The van der Waals surface area contributed by atoms with Crippen LogP contribution in [0.3, 0.4) is 0 Å². The first-order chi connectivity index (χ1) is 20.9. The van der Waals surface area contributed by atoms with Crippen LogP contribution in [0.15, 0.2) is 79.9 Å². The molecule has 0 aromatic heterocycles. The van der Waals surface area contributed by atoms with E-state index in [1.807, 2.05) is 60.7 Å². The van der Waals surface area contributed by atoms with E-state index in [9.17, 15) is 19.5 Å². The van der Waals surface area contributed by atoms with Gasteiger partial charge in [0.15, 0.2) is 0 Å². The van der Waals surface area contributed by atoms with Crippen molar-refractivity contribution in [3.05, 3.63) is 91.0 Å². The van der Waals surface area contributed by atoms with Gasteiger partial charge >= 0.3 is 5.97 Å². The van der Waals surface area contributed by atoms with Gasteiger partial charge in [0.05, 0.1) is 24.6 Å². The number of aliphatic hydroxyl groups excluding tert-OH is 1. The van der Waals surface area contributed by atoms with Crippen LogP contribution in [0.1, 0.15) is 62.5 Å². The number of likely N-dealkylation sites (tertiary alicyclic amines) is 1. The Hall–Kier alpha value is -3.91. The molecule has 3 rings (SSSR count). The van der Waals surface area contributed by atoms with Gasteiger partial charge in [-0.3, -0.25) is 14.4 Å². The fraction of sp³-hybridized carbons (Fsp3) is 0.457. The van der Waals surface area contributed by atoms with E-state index in [0.29, 0.717) is 32.4 Å². The van der Waals surface area contributed by atoms with E-state index in [0.717, 1.165) is 49.0 Å². The highest BCUT2D eigenvalue weighted by Gasteiger charge is 2.34. The third-order valence-electron chi connectivity index (χ3n) is 7.61. The number of ether oxygens (including phenoxy) is 2. The molecular weight excluding hydrogens is 544 g/mol. The lowest BCUT2D eigenvalue weighted by Gasteiger charge is -2.28. The van der Waals surface area contributed by atoms with E-state index < -0.39 is 12.0 Å². The Morgan fingerprint density at radius 3 is 2.49 bits per heavy atom. The highest BCUT2D eigenvalue weighted by atomic mass is 16.5. The van der Waals surface area contributed by atoms with E-state index in [4.69, 9.17) is 9.47 Å². The molecular formula is C35H46N2O6. The van der Waals surface area contributed by atoms with Crippen LogP contribution in [0.5, 0.6) is 5.75 Å². The van der Waals surface area contributed by atoms with Crippen LogP contribution >= 0.6 is 0 Å². The Morgan fingerprint density at radius 1 is 1.02 bits per heavy atom. The molecule has 0 aliphatic carbocycles. The van der Waals surface area contributed by atoms with Crippen molar-refractivity contribution in [2.45, 2.75) is 76.5 Å². The van der Waals surface area contributed by atoms with Gasteiger partial charge in [0, 0.05) is 19.4 Å². The Labute approximate surface area is 255 Å². The number of aliphatic hydroxyl groups is 1. The zero-order valence-electron chi connectivity index (χ0n) is 25.1. The third kappa shape index (κ3) is 11.7. The summed E-state index contributed by atoms with van der Waals surface area (Å²) in [5.41, 5.74) is 2.03. The van der Waals surface area contributed by atoms with Crippen LogP contribution < -0.4 is 10.1 Å². The van der Waals surface area contributed by atoms with Gasteiger partial charge in [0.25, 0.3) is 0 Å². The topological polar surface area (TPSA) is 105 Å². The molecule has 8 nitrogen and oxygen atoms in total. The summed E-state index contributed by atoms with van der Waals surface area (Å²) in [6, 6.07) is 16.8. The van der Waals surface area contributed by atoms with Crippen molar-refractivity contribution in [3.63, 3.8) is 0 Å². The molecule has 3 atom stereocenters. The average molecular weight is 591 g/mol. The summed E-state index contributed by atoms with van der Waals surface area (Å²) in [7, 11) is 0. The first kappa shape index (κ1) is 33.6. The van der Waals surface area contributed by atoms with Crippen LogP contribution in [-0.2, 0) is 32.1 Å². The lowest BCUT2D eigenvalue weighted by atomic mass is 9.98. The molecule has 1 aliphatic heterocycles. The molecule has 0 bridgehead atoms. The van der Waals surface area contributed by atoms with E-state index in [-0.39, 0.29) is 43.5 Å². The molecule has 8 heteroatoms. The van der Waals surface area contributed by atoms with E-state index in [1.165, 1.54) is 0 Å². The lowest BCUT2D eigenvalue weighted by molar-refractivity contribution is -0.148. The minimum absolute atomic E-state index is 0.0140. The zero-order valence-corrected chi connectivity index (χ0v) is 25.1. The maximum Gasteiger partial charge on any atom is 0.305 e. The summed E-state index contributed by atoms with van der Waals surface area (Å²) in [5, 5.41) is 12.9. The SMILES string of the molecule is C=CCCCCC(=O)OC[C@@H]1CCCN1C(=O)[C@H](CC=C)CC(=O)N[C@H](CO)Cc1ccc(OCc2ccccc2)cc1. The largest absolute Gasteiger partial charge is 0.489 e. The van der Waals surface area contributed by atoms with Gasteiger partial charge in [-0.2, -0.15) is 0 Å². The molecule has 0 saturated carbocycles. The van der Waals surface area contributed by atoms with Crippen molar-refractivity contribution in [2.24, 2.45) is 5.92 Å². The number of allylic oxidation sites excluding steroid dienone is 2. The lowest BCUT2D eigenvalue weighted by Crippen LogP contribution is -2.45. The van der Waals surface area contributed by atoms with Gasteiger partial charge in [-0.1, -0.05) is 54.6 Å². The quantitative estimate of drug-likeness (QED) is 0.133. The number of amides is 2. The number of benzene rings is 2. The molecule has 2 aromatic rings. The first-order valence-corrected chi connectivity index (χ1v) is 15.3. The van der Waals surface area contributed by atoms with Crippen LogP contribution in [0, 0.1) is 5.92 Å². The Kier molecular flexibility index (Phi) is 14.5. The number of hydrogen-bond acceptors (Lipinski definition) is 6. The third-order valence-corrected chi connectivity index (χ3v) is 7.61. The van der Waals surface area contributed by atoms with Crippen molar-refractivity contribution in [3.8, 4) is 5.75 Å². The molecule has 2 N–H and O–H groups in total. The first-order valence-electron chi connectivity index (χ1n) is 15.3. The highest BCUT2D eigenvalue weighted by Crippen LogP contribution is 2.24. The predicted octanol–water partition coefficient (Wildman–Crippen LogP) is 5.15. The van der Waals surface area contributed by atoms with Crippen LogP contribution in [-0.4, -0.2) is 59.6 Å². The van der Waals surface area contributed by atoms with Crippen molar-refractivity contribution in [1.29, 1.82) is 0 Å². The van der Waals surface area contributed by atoms with Crippen molar-refractivity contribution in [1.82, 2.24) is 10.2 Å². The van der Waals surface area contributed by atoms with Gasteiger partial charge in [0.1, 0.15) is 19.0 Å². The summed E-state index contributed by atoms with van der Waals surface area (Å²) in [5.74, 6) is -0.528. The number of carbonyl (C=O) groups is 3. The molecule has 1 saturated heterocycles. The maximum atomic E-state index is 13.5. The summed E-state index contributed by atoms with van der Waals surface area (Å²) >= 11 is 0. The number of hydrogen-bond donors (Lipinski definition) is 2. The predicted molar refractivity (Wildman–Crippen MR) is 167 cm³/mol. The van der Waals surface area contributed by atoms with Crippen molar-refractivity contribution >= 4 is 17.8 Å². The van der Waals surface area contributed by atoms with Gasteiger partial charge in [-0.05, 0) is 68.2 Å². The molecule has 0 unspecified atom stereocenters. The van der Waals surface area contributed by atoms with E-state index >= 15 is 0 Å². The number of carbonyl (C=O) groups excluding carboxylic acids is 3. The molecule has 0 spiro atoms. The van der Waals surface area contributed by atoms with Crippen LogP contribution in [0.4, 0.5) is 0 Å². The Morgan fingerprint density at radius 2 is 1.79 bits per heavy atom. The minimum atomic E-state index is -0.576. The van der Waals surface area contributed by atoms with Gasteiger partial charge in [0.2, 0.25) is 11.8 Å². The van der Waals surface area contributed by atoms with Gasteiger partial charge < -0.3 is 24.8 Å². The number of nitrogens with one attached hydrogen (secondary N) is 1. The molecule has 0 radical (unpaired) electrons. The number of unbranched alkanes of at least 4 members (excludes halogenated alkanes) is 2. The normalized spacial score (nSPS) is 15.7. The number of esters is 1. The fourth-order valence-electron chi connectivity index (χ4n) is 5.24. The maximum absolute atomic E-state index is 13.5. The summed E-state index contributed by atoms with van der Waals surface area (Å²) < 4.78 is 11.3. The Balaban J connectivity index is 1.48. The van der Waals surface area contributed by atoms with Gasteiger partial charge in [-0.15, -0.1) is 13.2 Å². The van der Waals surface area contributed by atoms with Crippen LogP contribution in [0.25, 0.3) is 0 Å². The van der Waals surface area contributed by atoms with Crippen molar-refractivity contribution in [2.75, 3.05) is 19.8 Å². The molecule has 43 heavy (non-hydrogen) atoms. The smallest absolute Gasteiger partial charge is 0.305 e. The average Bonchev–Trinajstić information content (AvgIpc) is 3.50. The molecule has 2 aromatic carbocycles. The van der Waals surface area contributed by atoms with Crippen LogP contribution in [0.2, 0.25) is 0 Å². The second-order valence-electron chi connectivity index (χ2n) is 11.0.